The molecule has 0 bridgehead atoms. The van der Waals surface area contributed by atoms with Crippen LogP contribution in [0.2, 0.25) is 0 Å². The van der Waals surface area contributed by atoms with Crippen LogP contribution in [0.25, 0.3) is 33.4 Å². The quantitative estimate of drug-likeness (QED) is 0.452. The molecule has 3 aromatic heterocycles. The molecular weight excluding hydrogens is 438 g/mol. The van der Waals surface area contributed by atoms with Crippen molar-refractivity contribution < 1.29 is 13.5 Å². The molecule has 1 aliphatic heterocycles. The van der Waals surface area contributed by atoms with E-state index in [4.69, 9.17) is 9.72 Å². The van der Waals surface area contributed by atoms with Crippen molar-refractivity contribution in [1.29, 1.82) is 0 Å². The van der Waals surface area contributed by atoms with Crippen LogP contribution in [0.3, 0.4) is 0 Å². The third kappa shape index (κ3) is 4.27. The van der Waals surface area contributed by atoms with Gasteiger partial charge in [-0.1, -0.05) is 35.3 Å². The fourth-order valence-electron chi connectivity index (χ4n) is 4.38. The molecule has 0 amide bonds. The minimum absolute atomic E-state index is 0.0237. The molecule has 2 atom stereocenters. The number of morpholine rings is 1. The molecule has 1 aliphatic rings. The van der Waals surface area contributed by atoms with Crippen LogP contribution in [-0.2, 0) is 21.6 Å². The zero-order valence-electron chi connectivity index (χ0n) is 18.4. The van der Waals surface area contributed by atoms with Crippen LogP contribution >= 0.6 is 0 Å². The second-order valence-corrected chi connectivity index (χ2v) is 9.17. The number of hydrogen-bond donors (Lipinski definition) is 1. The third-order valence-corrected chi connectivity index (χ3v) is 6.52. The van der Waals surface area contributed by atoms with Crippen LogP contribution in [0, 0.1) is 6.92 Å². The molecule has 1 unspecified atom stereocenters. The Hall–Kier alpha value is -3.14. The Bertz CT molecular complexity index is 1330. The van der Waals surface area contributed by atoms with Gasteiger partial charge in [-0.05, 0) is 48.2 Å². The first-order chi connectivity index (χ1) is 16.0. The maximum Gasteiger partial charge on any atom is 0.130 e. The van der Waals surface area contributed by atoms with Gasteiger partial charge in [-0.2, -0.15) is 5.10 Å². The molecule has 0 aliphatic carbocycles. The monoisotopic (exact) mass is 462 g/mol. The Morgan fingerprint density at radius 2 is 2.18 bits per heavy atom. The number of H-pyrrole nitrogens is 1. The van der Waals surface area contributed by atoms with Crippen LogP contribution in [0.15, 0.2) is 48.8 Å². The molecule has 1 fully saturated rings. The molecule has 8 nitrogen and oxygen atoms in total. The molecule has 9 heteroatoms. The first-order valence-corrected chi connectivity index (χ1v) is 12.1. The Morgan fingerprint density at radius 1 is 1.30 bits per heavy atom. The lowest BCUT2D eigenvalue weighted by atomic mass is 9.96. The molecule has 33 heavy (non-hydrogen) atoms. The standard InChI is InChI=1S/C24H25N5O3S/c1-15-12-25-23(20-6-7-26-28-20)24-22(15)19(18-5-3-4-17(10-18)14-33(30)31)11-21(27-24)29-8-9-32-13-16(29)2/h3-7,10-12,16H,8-9,13-14H2,1-2H3,(H,26,28)(H,30,31)/p-1/t16-/m1/s1. The lowest BCUT2D eigenvalue weighted by Gasteiger charge is -2.34. The molecular formula is C24H24N5O3S-. The Kier molecular flexibility index (Phi) is 5.92. The van der Waals surface area contributed by atoms with E-state index in [1.165, 1.54) is 0 Å². The summed E-state index contributed by atoms with van der Waals surface area (Å²) in [5, 5.41) is 8.09. The van der Waals surface area contributed by atoms with Crippen molar-refractivity contribution in [2.75, 3.05) is 24.7 Å². The average Bonchev–Trinajstić information content (AvgIpc) is 3.33. The van der Waals surface area contributed by atoms with Crippen molar-refractivity contribution in [3.63, 3.8) is 0 Å². The maximum absolute atomic E-state index is 11.3. The number of aromatic nitrogens is 4. The predicted molar refractivity (Wildman–Crippen MR) is 128 cm³/mol. The first-order valence-electron chi connectivity index (χ1n) is 10.8. The number of nitrogens with one attached hydrogen (secondary N) is 1. The number of fused-ring (bicyclic) bond motifs is 1. The number of benzene rings is 1. The van der Waals surface area contributed by atoms with Gasteiger partial charge in [0.15, 0.2) is 0 Å². The number of anilines is 1. The first kappa shape index (κ1) is 21.7. The molecule has 4 heterocycles. The summed E-state index contributed by atoms with van der Waals surface area (Å²) >= 11 is -2.16. The van der Waals surface area contributed by atoms with Gasteiger partial charge in [0.2, 0.25) is 0 Å². The van der Waals surface area contributed by atoms with Gasteiger partial charge in [-0.15, -0.1) is 0 Å². The van der Waals surface area contributed by atoms with E-state index in [9.17, 15) is 8.76 Å². The van der Waals surface area contributed by atoms with E-state index in [1.54, 1.807) is 6.20 Å². The van der Waals surface area contributed by atoms with E-state index < -0.39 is 11.1 Å². The minimum atomic E-state index is -2.16. The molecule has 4 aromatic rings. The van der Waals surface area contributed by atoms with Gasteiger partial charge >= 0.3 is 0 Å². The molecule has 5 rings (SSSR count). The largest absolute Gasteiger partial charge is 0.772 e. The summed E-state index contributed by atoms with van der Waals surface area (Å²) in [7, 11) is 0. The third-order valence-electron chi connectivity index (χ3n) is 5.95. The van der Waals surface area contributed by atoms with Gasteiger partial charge in [0.05, 0.1) is 24.9 Å². The minimum Gasteiger partial charge on any atom is -0.772 e. The van der Waals surface area contributed by atoms with E-state index in [0.717, 1.165) is 56.9 Å². The summed E-state index contributed by atoms with van der Waals surface area (Å²) in [4.78, 5) is 12.0. The van der Waals surface area contributed by atoms with Gasteiger partial charge < -0.3 is 14.2 Å². The van der Waals surface area contributed by atoms with Crippen LogP contribution < -0.4 is 4.90 Å². The van der Waals surface area contributed by atoms with Crippen LogP contribution in [-0.4, -0.2) is 54.7 Å². The van der Waals surface area contributed by atoms with Crippen molar-refractivity contribution in [3.8, 4) is 22.5 Å². The van der Waals surface area contributed by atoms with Crippen LogP contribution in [0.5, 0.6) is 0 Å². The number of aromatic amines is 1. The smallest absolute Gasteiger partial charge is 0.130 e. The number of aryl methyl sites for hydroxylation is 1. The number of nitrogens with zero attached hydrogens (tertiary/aromatic N) is 4. The van der Waals surface area contributed by atoms with E-state index in [0.29, 0.717) is 13.2 Å². The Balaban J connectivity index is 1.78. The summed E-state index contributed by atoms with van der Waals surface area (Å²) in [6, 6.07) is 11.8. The number of rotatable bonds is 5. The lowest BCUT2D eigenvalue weighted by Crippen LogP contribution is -2.44. The fraction of sp³-hybridized carbons (Fsp3) is 0.292. The van der Waals surface area contributed by atoms with Gasteiger partial charge in [-0.3, -0.25) is 14.3 Å². The van der Waals surface area contributed by atoms with Crippen LogP contribution in [0.1, 0.15) is 18.1 Å². The fourth-order valence-corrected chi connectivity index (χ4v) is 4.83. The van der Waals surface area contributed by atoms with Crippen molar-refractivity contribution in [2.24, 2.45) is 0 Å². The van der Waals surface area contributed by atoms with E-state index in [-0.39, 0.29) is 11.8 Å². The normalized spacial score (nSPS) is 17.4. The van der Waals surface area contributed by atoms with E-state index in [1.807, 2.05) is 43.5 Å². The Labute approximate surface area is 194 Å². The van der Waals surface area contributed by atoms with E-state index in [2.05, 4.69) is 33.1 Å². The Morgan fingerprint density at radius 3 is 2.94 bits per heavy atom. The summed E-state index contributed by atoms with van der Waals surface area (Å²) in [6.45, 7) is 6.17. The van der Waals surface area contributed by atoms with Gasteiger partial charge in [-0.25, -0.2) is 4.98 Å². The van der Waals surface area contributed by atoms with Crippen molar-refractivity contribution in [3.05, 3.63) is 59.9 Å². The molecule has 0 radical (unpaired) electrons. The van der Waals surface area contributed by atoms with Crippen molar-refractivity contribution in [1.82, 2.24) is 20.2 Å². The van der Waals surface area contributed by atoms with Gasteiger partial charge in [0.1, 0.15) is 17.0 Å². The second kappa shape index (κ2) is 9.01. The predicted octanol–water partition coefficient (Wildman–Crippen LogP) is 3.60. The highest BCUT2D eigenvalue weighted by atomic mass is 32.2. The molecule has 1 N–H and O–H groups in total. The number of ether oxygens (including phenoxy) is 1. The number of hydrogen-bond acceptors (Lipinski definition) is 7. The summed E-state index contributed by atoms with van der Waals surface area (Å²) in [5.74, 6) is 0.823. The zero-order valence-corrected chi connectivity index (χ0v) is 19.3. The highest BCUT2D eigenvalue weighted by Crippen LogP contribution is 2.37. The van der Waals surface area contributed by atoms with Crippen LogP contribution in [0.4, 0.5) is 5.82 Å². The maximum atomic E-state index is 11.3. The number of pyridine rings is 2. The van der Waals surface area contributed by atoms with E-state index >= 15 is 0 Å². The highest BCUT2D eigenvalue weighted by Gasteiger charge is 2.24. The highest BCUT2D eigenvalue weighted by molar-refractivity contribution is 7.78. The summed E-state index contributed by atoms with van der Waals surface area (Å²) in [5.41, 5.74) is 5.98. The average molecular weight is 463 g/mol. The molecule has 1 saturated heterocycles. The molecule has 0 saturated carbocycles. The van der Waals surface area contributed by atoms with Crippen molar-refractivity contribution >= 4 is 27.8 Å². The zero-order chi connectivity index (χ0) is 22.9. The molecule has 0 spiro atoms. The van der Waals surface area contributed by atoms with Gasteiger partial charge in [0, 0.05) is 30.1 Å². The lowest BCUT2D eigenvalue weighted by molar-refractivity contribution is 0.0986. The molecule has 1 aromatic carbocycles. The summed E-state index contributed by atoms with van der Waals surface area (Å²) < 4.78 is 28.3. The summed E-state index contributed by atoms with van der Waals surface area (Å²) in [6.07, 6.45) is 3.54. The molecule has 170 valence electrons. The van der Waals surface area contributed by atoms with Gasteiger partial charge in [0.25, 0.3) is 0 Å². The second-order valence-electron chi connectivity index (χ2n) is 8.28. The SMILES string of the molecule is Cc1cnc(-c2ccn[nH]2)c2nc(N3CCOC[C@H]3C)cc(-c3cccc(CS(=O)[O-])c3)c12. The topological polar surface area (TPSA) is 107 Å². The van der Waals surface area contributed by atoms with Crippen molar-refractivity contribution in [2.45, 2.75) is 25.6 Å².